The normalized spacial score (nSPS) is 11.8. The van der Waals surface area contributed by atoms with E-state index in [4.69, 9.17) is 37.2 Å². The van der Waals surface area contributed by atoms with Crippen LogP contribution in [-0.2, 0) is 0 Å². The first-order chi connectivity index (χ1) is 16.1. The first-order valence-electron chi connectivity index (χ1n) is 9.32. The van der Waals surface area contributed by atoms with Crippen LogP contribution >= 0.6 is 11.3 Å². The molecule has 0 fully saturated rings. The van der Waals surface area contributed by atoms with Crippen LogP contribution in [0.25, 0.3) is 43.1 Å². The molecule has 3 aromatic heterocycles. The maximum Gasteiger partial charge on any atom is 0.261 e. The van der Waals surface area contributed by atoms with E-state index in [0.29, 0.717) is 28.8 Å². The monoisotopic (exact) mass is 450 g/mol. The molecule has 8 heteroatoms. The molecule has 7 nitrogen and oxygen atoms in total. The summed E-state index contributed by atoms with van der Waals surface area (Å²) < 4.78 is 17.2. The Morgan fingerprint density at radius 2 is 1.48 bits per heavy atom. The number of methoxy groups -OCH3 is 1. The van der Waals surface area contributed by atoms with Crippen molar-refractivity contribution in [2.75, 3.05) is 7.11 Å². The van der Waals surface area contributed by atoms with Crippen molar-refractivity contribution in [3.63, 3.8) is 0 Å². The molecule has 0 amide bonds. The Morgan fingerprint density at radius 1 is 0.939 bits per heavy atom. The number of furan rings is 2. The van der Waals surface area contributed by atoms with Crippen LogP contribution in [0.2, 0.25) is 0 Å². The molecule has 0 saturated carbocycles. The van der Waals surface area contributed by atoms with Crippen molar-refractivity contribution in [3.8, 4) is 39.2 Å². The van der Waals surface area contributed by atoms with Gasteiger partial charge in [-0.15, -0.1) is 11.3 Å². The molecule has 33 heavy (non-hydrogen) atoms. The van der Waals surface area contributed by atoms with Crippen molar-refractivity contribution >= 4 is 23.5 Å². The molecule has 0 aliphatic heterocycles. The maximum atomic E-state index is 8.78. The van der Waals surface area contributed by atoms with Crippen LogP contribution in [0.15, 0.2) is 74.9 Å². The highest BCUT2D eigenvalue weighted by molar-refractivity contribution is 7.19. The zero-order valence-electron chi connectivity index (χ0n) is 17.3. The fraction of sp³-hybridized carbons (Fsp3) is 0.0400. The molecule has 0 aliphatic carbocycles. The van der Waals surface area contributed by atoms with Crippen molar-refractivity contribution in [2.24, 2.45) is 0 Å². The molecule has 0 spiro atoms. The standard InChI is InChI=1S/C25H14N4O3S/c1-28-17(15-26)6-4-8-19-10-12-21(31-19)24-14-23(30-3)25(33-24)22-13-11-20(32-22)9-5-7-18(16-27)29-2/h4-14H,3H3/b8-4+,9-5+,17-6+,18-7-. The molecule has 0 aliphatic rings. The van der Waals surface area contributed by atoms with Gasteiger partial charge < -0.3 is 13.6 Å². The van der Waals surface area contributed by atoms with Gasteiger partial charge in [0, 0.05) is 6.07 Å². The SMILES string of the molecule is [C-]#[N+]/C(C#N)=C\C=C\c1ccc(-c2sc(-c3ccc(/C=C/C=C(\C#N)[N+]#[C-])o3)cc2OC)o1. The fourth-order valence-electron chi connectivity index (χ4n) is 2.63. The van der Waals surface area contributed by atoms with E-state index >= 15 is 0 Å². The Labute approximate surface area is 194 Å². The van der Waals surface area contributed by atoms with Crippen molar-refractivity contribution < 1.29 is 13.6 Å². The topological polar surface area (TPSA) is 91.8 Å². The van der Waals surface area contributed by atoms with E-state index in [1.54, 1.807) is 55.7 Å². The van der Waals surface area contributed by atoms with Gasteiger partial charge in [-0.3, -0.25) is 0 Å². The van der Waals surface area contributed by atoms with Crippen LogP contribution in [0, 0.1) is 35.8 Å². The first kappa shape index (κ1) is 22.7. The number of rotatable bonds is 7. The van der Waals surface area contributed by atoms with E-state index in [1.165, 1.54) is 23.5 Å². The summed E-state index contributed by atoms with van der Waals surface area (Å²) in [4.78, 5) is 7.80. The van der Waals surface area contributed by atoms with Gasteiger partial charge in [0.25, 0.3) is 11.4 Å². The molecule has 0 atom stereocenters. The average molecular weight is 450 g/mol. The second-order valence-electron chi connectivity index (χ2n) is 6.18. The highest BCUT2D eigenvalue weighted by atomic mass is 32.1. The lowest BCUT2D eigenvalue weighted by Gasteiger charge is -1.97. The molecular formula is C25H14N4O3S. The van der Waals surface area contributed by atoms with Gasteiger partial charge in [0.15, 0.2) is 0 Å². The van der Waals surface area contributed by atoms with Crippen LogP contribution in [-0.4, -0.2) is 7.11 Å². The molecular weight excluding hydrogens is 436 g/mol. The lowest BCUT2D eigenvalue weighted by Crippen LogP contribution is -1.80. The Morgan fingerprint density at radius 3 is 2.00 bits per heavy atom. The molecule has 0 bridgehead atoms. The van der Waals surface area contributed by atoms with Gasteiger partial charge in [0.1, 0.15) is 33.7 Å². The molecule has 3 heterocycles. The summed E-state index contributed by atoms with van der Waals surface area (Å²) in [5, 5.41) is 17.6. The summed E-state index contributed by atoms with van der Waals surface area (Å²) in [6.07, 6.45) is 9.34. The van der Waals surface area contributed by atoms with E-state index in [9.17, 15) is 0 Å². The third kappa shape index (κ3) is 5.57. The highest BCUT2D eigenvalue weighted by Crippen LogP contribution is 2.43. The predicted octanol–water partition coefficient (Wildman–Crippen LogP) is 6.96. The van der Waals surface area contributed by atoms with Crippen LogP contribution in [0.5, 0.6) is 5.75 Å². The van der Waals surface area contributed by atoms with Crippen LogP contribution < -0.4 is 4.74 Å². The highest BCUT2D eigenvalue weighted by Gasteiger charge is 2.17. The second-order valence-corrected chi connectivity index (χ2v) is 7.23. The van der Waals surface area contributed by atoms with E-state index < -0.39 is 0 Å². The fourth-order valence-corrected chi connectivity index (χ4v) is 3.67. The zero-order valence-corrected chi connectivity index (χ0v) is 18.1. The number of thiophene rings is 1. The average Bonchev–Trinajstić information content (AvgIpc) is 3.58. The van der Waals surface area contributed by atoms with Gasteiger partial charge in [-0.1, -0.05) is 12.2 Å². The summed E-state index contributed by atoms with van der Waals surface area (Å²) in [6, 6.07) is 12.7. The van der Waals surface area contributed by atoms with Crippen molar-refractivity contribution in [1.82, 2.24) is 0 Å². The quantitative estimate of drug-likeness (QED) is 0.220. The van der Waals surface area contributed by atoms with Gasteiger partial charge in [-0.25, -0.2) is 20.2 Å². The number of hydrogen-bond donors (Lipinski definition) is 0. The number of allylic oxidation sites excluding steroid dienone is 6. The zero-order chi connectivity index (χ0) is 23.6. The van der Waals surface area contributed by atoms with E-state index in [-0.39, 0.29) is 11.4 Å². The van der Waals surface area contributed by atoms with Crippen molar-refractivity contribution in [3.05, 3.63) is 100 Å². The minimum Gasteiger partial charge on any atom is -0.495 e. The number of ether oxygens (including phenoxy) is 1. The van der Waals surface area contributed by atoms with E-state index in [1.807, 2.05) is 18.2 Å². The maximum absolute atomic E-state index is 8.78. The third-order valence-electron chi connectivity index (χ3n) is 4.14. The minimum atomic E-state index is -0.0110. The third-order valence-corrected chi connectivity index (χ3v) is 5.28. The van der Waals surface area contributed by atoms with Crippen LogP contribution in [0.3, 0.4) is 0 Å². The van der Waals surface area contributed by atoms with Gasteiger partial charge in [0.2, 0.25) is 0 Å². The van der Waals surface area contributed by atoms with Gasteiger partial charge in [0.05, 0.1) is 37.3 Å². The Hall–Kier alpha value is -5.02. The largest absolute Gasteiger partial charge is 0.495 e. The molecule has 0 N–H and O–H groups in total. The summed E-state index contributed by atoms with van der Waals surface area (Å²) >= 11 is 1.44. The summed E-state index contributed by atoms with van der Waals surface area (Å²) in [6.45, 7) is 13.7. The molecule has 0 unspecified atom stereocenters. The summed E-state index contributed by atoms with van der Waals surface area (Å²) in [5.41, 5.74) is -0.0191. The minimum absolute atomic E-state index is 0.00811. The Kier molecular flexibility index (Phi) is 7.45. The van der Waals surface area contributed by atoms with Gasteiger partial charge in [-0.05, 0) is 48.6 Å². The molecule has 0 saturated heterocycles. The smallest absolute Gasteiger partial charge is 0.261 e. The molecule has 3 rings (SSSR count). The van der Waals surface area contributed by atoms with Crippen LogP contribution in [0.1, 0.15) is 11.5 Å². The molecule has 3 aromatic rings. The lowest BCUT2D eigenvalue weighted by atomic mass is 10.3. The van der Waals surface area contributed by atoms with Gasteiger partial charge in [-0.2, -0.15) is 0 Å². The molecule has 0 radical (unpaired) electrons. The Balaban J connectivity index is 1.83. The van der Waals surface area contributed by atoms with Crippen molar-refractivity contribution in [1.29, 1.82) is 10.5 Å². The van der Waals surface area contributed by atoms with Crippen molar-refractivity contribution in [2.45, 2.75) is 0 Å². The lowest BCUT2D eigenvalue weighted by molar-refractivity contribution is 0.416. The molecule has 0 aromatic carbocycles. The van der Waals surface area contributed by atoms with E-state index in [0.717, 1.165) is 9.75 Å². The second kappa shape index (κ2) is 10.8. The predicted molar refractivity (Wildman–Crippen MR) is 125 cm³/mol. The Bertz CT molecular complexity index is 1420. The number of hydrogen-bond acceptors (Lipinski definition) is 6. The molecule has 158 valence electrons. The van der Waals surface area contributed by atoms with Crippen LogP contribution in [0.4, 0.5) is 0 Å². The number of nitriles is 2. The van der Waals surface area contributed by atoms with E-state index in [2.05, 4.69) is 9.69 Å². The summed E-state index contributed by atoms with van der Waals surface area (Å²) in [7, 11) is 1.57. The first-order valence-corrected chi connectivity index (χ1v) is 10.1. The summed E-state index contributed by atoms with van der Waals surface area (Å²) in [5.74, 6) is 3.02. The van der Waals surface area contributed by atoms with Gasteiger partial charge >= 0.3 is 0 Å². The number of nitrogens with zero attached hydrogens (tertiary/aromatic N) is 4.